The number of carbonyl (C=O) groups is 1. The van der Waals surface area contributed by atoms with Crippen molar-refractivity contribution in [2.24, 2.45) is 5.92 Å². The van der Waals surface area contributed by atoms with E-state index in [1.807, 2.05) is 11.8 Å². The van der Waals surface area contributed by atoms with Crippen LogP contribution in [0.5, 0.6) is 11.5 Å². The van der Waals surface area contributed by atoms with E-state index < -0.39 is 36.2 Å². The van der Waals surface area contributed by atoms with Gasteiger partial charge in [-0.1, -0.05) is 12.1 Å². The summed E-state index contributed by atoms with van der Waals surface area (Å²) in [6.07, 6.45) is -2.61. The van der Waals surface area contributed by atoms with Crippen LogP contribution in [0.3, 0.4) is 0 Å². The number of nitrogens with zero attached hydrogens (tertiary/aromatic N) is 3. The van der Waals surface area contributed by atoms with Gasteiger partial charge in [-0.05, 0) is 74.1 Å². The lowest BCUT2D eigenvalue weighted by atomic mass is 9.97. The van der Waals surface area contributed by atoms with E-state index in [-0.39, 0.29) is 24.0 Å². The second-order valence-corrected chi connectivity index (χ2v) is 11.3. The van der Waals surface area contributed by atoms with Gasteiger partial charge in [-0.15, -0.1) is 0 Å². The maximum atomic E-state index is 15.1. The third-order valence-corrected chi connectivity index (χ3v) is 8.10. The Hall–Kier alpha value is -3.93. The number of pyridine rings is 1. The Bertz CT molecular complexity index is 1470. The number of hydrogen-bond acceptors (Lipinski definition) is 7. The van der Waals surface area contributed by atoms with Crippen molar-refractivity contribution in [3.63, 3.8) is 0 Å². The van der Waals surface area contributed by atoms with Gasteiger partial charge < -0.3 is 24.3 Å². The lowest BCUT2D eigenvalue weighted by molar-refractivity contribution is -0.312. The Morgan fingerprint density at radius 2 is 1.73 bits per heavy atom. The second-order valence-electron chi connectivity index (χ2n) is 11.3. The van der Waals surface area contributed by atoms with E-state index >= 15 is 4.39 Å². The molecule has 1 aromatic heterocycles. The highest BCUT2D eigenvalue weighted by atomic mass is 19.4. The van der Waals surface area contributed by atoms with Crippen LogP contribution < -0.4 is 19.5 Å². The number of hydrogen-bond donors (Lipinski definition) is 0. The Balaban J connectivity index is 1.25. The lowest BCUT2D eigenvalue weighted by Gasteiger charge is -2.33. The highest BCUT2D eigenvalue weighted by molar-refractivity contribution is 5.70. The first-order chi connectivity index (χ1) is 20.9. The zero-order chi connectivity index (χ0) is 31.4. The molecule has 2 fully saturated rings. The van der Waals surface area contributed by atoms with Crippen molar-refractivity contribution in [2.75, 3.05) is 37.6 Å². The van der Waals surface area contributed by atoms with Crippen LogP contribution in [-0.2, 0) is 11.4 Å². The molecule has 236 valence electrons. The molecule has 2 aromatic carbocycles. The van der Waals surface area contributed by atoms with Gasteiger partial charge in [0.15, 0.2) is 11.6 Å². The van der Waals surface area contributed by atoms with Gasteiger partial charge in [-0.2, -0.15) is 13.2 Å². The molecular weight excluding hydrogens is 585 g/mol. The van der Waals surface area contributed by atoms with Gasteiger partial charge in [0.05, 0.1) is 12.2 Å². The minimum atomic E-state index is -4.22. The van der Waals surface area contributed by atoms with Gasteiger partial charge in [0.25, 0.3) is 0 Å². The fourth-order valence-electron chi connectivity index (χ4n) is 5.68. The van der Waals surface area contributed by atoms with Gasteiger partial charge in [0.1, 0.15) is 30.1 Å². The Kier molecular flexibility index (Phi) is 9.57. The van der Waals surface area contributed by atoms with Crippen LogP contribution in [0.15, 0.2) is 48.5 Å². The number of aliphatic carboxylic acids is 1. The minimum absolute atomic E-state index is 0.0199. The molecule has 0 atom stereocenters. The average molecular weight is 619 g/mol. The number of halogens is 5. The number of aryl methyl sites for hydroxylation is 1. The van der Waals surface area contributed by atoms with Crippen molar-refractivity contribution in [3.05, 3.63) is 71.3 Å². The fourth-order valence-corrected chi connectivity index (χ4v) is 5.68. The van der Waals surface area contributed by atoms with Crippen molar-refractivity contribution in [1.29, 1.82) is 0 Å². The number of piperidine rings is 2. The third-order valence-electron chi connectivity index (χ3n) is 8.10. The van der Waals surface area contributed by atoms with Crippen molar-refractivity contribution < 1.29 is 41.3 Å². The summed E-state index contributed by atoms with van der Waals surface area (Å²) < 4.78 is 79.3. The molecule has 0 bridgehead atoms. The maximum Gasteiger partial charge on any atom is 0.401 e. The molecule has 0 radical (unpaired) electrons. The number of alkyl halides is 3. The molecular formula is C32H33F5N3O4-. The van der Waals surface area contributed by atoms with Crippen LogP contribution in [0.4, 0.5) is 27.8 Å². The van der Waals surface area contributed by atoms with Gasteiger partial charge in [0.2, 0.25) is 0 Å². The molecule has 3 heterocycles. The van der Waals surface area contributed by atoms with Gasteiger partial charge in [0, 0.05) is 49.7 Å². The standard InChI is InChI=1S/C32H34F5N3O4/c1-20-15-25(44-24-9-11-39(12-10-24)19-32(35,36)37)6-5-22(20)18-43-30-26(16-23(33)17-27(30)34)28-3-2-4-29(38-28)40-13-7-21(8-14-40)31(41)42/h2-6,15-17,21,24H,7-14,18-19H2,1H3,(H,41,42)/p-1. The van der Waals surface area contributed by atoms with E-state index in [9.17, 15) is 27.5 Å². The second kappa shape index (κ2) is 13.4. The summed E-state index contributed by atoms with van der Waals surface area (Å²) in [7, 11) is 0. The van der Waals surface area contributed by atoms with E-state index in [0.717, 1.165) is 23.3 Å². The molecule has 0 unspecified atom stereocenters. The molecule has 3 aromatic rings. The van der Waals surface area contributed by atoms with E-state index in [4.69, 9.17) is 9.47 Å². The lowest BCUT2D eigenvalue weighted by Crippen LogP contribution is -2.42. The molecule has 2 saturated heterocycles. The summed E-state index contributed by atoms with van der Waals surface area (Å²) in [5, 5.41) is 11.2. The SMILES string of the molecule is Cc1cc(OC2CCN(CC(F)(F)F)CC2)ccc1COc1c(F)cc(F)cc1-c1cccc(N2CCC(C(=O)[O-])CC2)n1. The number of likely N-dealkylation sites (tertiary alicyclic amines) is 1. The molecule has 2 aliphatic heterocycles. The molecule has 2 aliphatic rings. The number of anilines is 1. The van der Waals surface area contributed by atoms with Crippen LogP contribution in [-0.4, -0.2) is 60.9 Å². The first-order valence-electron chi connectivity index (χ1n) is 14.6. The minimum Gasteiger partial charge on any atom is -0.550 e. The number of carboxylic acid groups (broad SMARTS) is 1. The molecule has 0 spiro atoms. The summed E-state index contributed by atoms with van der Waals surface area (Å²) in [6.45, 7) is 2.44. The van der Waals surface area contributed by atoms with Gasteiger partial charge in [-0.3, -0.25) is 4.90 Å². The number of benzene rings is 2. The highest BCUT2D eigenvalue weighted by Crippen LogP contribution is 2.35. The molecule has 12 heteroatoms. The van der Waals surface area contributed by atoms with Crippen molar-refractivity contribution in [2.45, 2.75) is 51.5 Å². The first-order valence-corrected chi connectivity index (χ1v) is 14.6. The summed E-state index contributed by atoms with van der Waals surface area (Å²) in [6, 6.07) is 12.3. The summed E-state index contributed by atoms with van der Waals surface area (Å²) in [5.74, 6) is -2.25. The summed E-state index contributed by atoms with van der Waals surface area (Å²) in [5.41, 5.74) is 1.99. The van der Waals surface area contributed by atoms with E-state index in [0.29, 0.717) is 69.1 Å². The molecule has 7 nitrogen and oxygen atoms in total. The number of aromatic nitrogens is 1. The predicted octanol–water partition coefficient (Wildman–Crippen LogP) is 5.29. The number of ether oxygens (including phenoxy) is 2. The van der Waals surface area contributed by atoms with Crippen LogP contribution in [0, 0.1) is 24.5 Å². The Labute approximate surface area is 252 Å². The van der Waals surface area contributed by atoms with E-state index in [2.05, 4.69) is 4.98 Å². The van der Waals surface area contributed by atoms with Crippen LogP contribution in [0.2, 0.25) is 0 Å². The van der Waals surface area contributed by atoms with E-state index in [1.165, 1.54) is 4.90 Å². The Morgan fingerprint density at radius 1 is 1.00 bits per heavy atom. The molecule has 44 heavy (non-hydrogen) atoms. The van der Waals surface area contributed by atoms with Crippen molar-refractivity contribution in [1.82, 2.24) is 9.88 Å². The van der Waals surface area contributed by atoms with Crippen LogP contribution in [0.25, 0.3) is 11.3 Å². The van der Waals surface area contributed by atoms with Gasteiger partial charge in [-0.25, -0.2) is 13.8 Å². The fraction of sp³-hybridized carbons (Fsp3) is 0.438. The number of carboxylic acids is 1. The molecule has 0 saturated carbocycles. The predicted molar refractivity (Wildman–Crippen MR) is 151 cm³/mol. The first kappa shape index (κ1) is 31.5. The monoisotopic (exact) mass is 618 g/mol. The third kappa shape index (κ3) is 7.96. The molecule has 0 aliphatic carbocycles. The molecule has 5 rings (SSSR count). The maximum absolute atomic E-state index is 15.1. The zero-order valence-electron chi connectivity index (χ0n) is 24.2. The highest BCUT2D eigenvalue weighted by Gasteiger charge is 2.33. The molecule has 0 N–H and O–H groups in total. The van der Waals surface area contributed by atoms with Crippen molar-refractivity contribution in [3.8, 4) is 22.8 Å². The number of rotatable bonds is 9. The van der Waals surface area contributed by atoms with Crippen molar-refractivity contribution >= 4 is 11.8 Å². The van der Waals surface area contributed by atoms with E-state index in [1.54, 1.807) is 36.4 Å². The normalized spacial score (nSPS) is 17.1. The quantitative estimate of drug-likeness (QED) is 0.302. The average Bonchev–Trinajstić information content (AvgIpc) is 2.97. The van der Waals surface area contributed by atoms with Crippen LogP contribution >= 0.6 is 0 Å². The van der Waals surface area contributed by atoms with Gasteiger partial charge >= 0.3 is 6.18 Å². The largest absolute Gasteiger partial charge is 0.550 e. The van der Waals surface area contributed by atoms with Crippen LogP contribution in [0.1, 0.15) is 36.8 Å². The summed E-state index contributed by atoms with van der Waals surface area (Å²) >= 11 is 0. The molecule has 0 amide bonds. The topological polar surface area (TPSA) is 78.0 Å². The zero-order valence-corrected chi connectivity index (χ0v) is 24.2. The Morgan fingerprint density at radius 3 is 2.39 bits per heavy atom. The number of carbonyl (C=O) groups excluding carboxylic acids is 1. The summed E-state index contributed by atoms with van der Waals surface area (Å²) in [4.78, 5) is 19.1. The smallest absolute Gasteiger partial charge is 0.401 e.